The predicted octanol–water partition coefficient (Wildman–Crippen LogP) is 1.51. The Hall–Kier alpha value is -0.610. The summed E-state index contributed by atoms with van der Waals surface area (Å²) in [5.41, 5.74) is 0. The maximum Gasteiger partial charge on any atom is 0.234 e. The smallest absolute Gasteiger partial charge is 0.234 e. The fourth-order valence-corrected chi connectivity index (χ4v) is 2.97. The van der Waals surface area contributed by atoms with E-state index in [9.17, 15) is 4.79 Å². The molecule has 1 aliphatic heterocycles. The van der Waals surface area contributed by atoms with E-state index >= 15 is 0 Å². The van der Waals surface area contributed by atoms with Gasteiger partial charge < -0.3 is 10.6 Å². The van der Waals surface area contributed by atoms with Crippen molar-refractivity contribution in [2.24, 2.45) is 0 Å². The highest BCUT2D eigenvalue weighted by atomic mass is 16.2. The van der Waals surface area contributed by atoms with Crippen molar-refractivity contribution in [2.75, 3.05) is 19.6 Å². The van der Waals surface area contributed by atoms with Crippen LogP contribution in [-0.2, 0) is 4.79 Å². The zero-order chi connectivity index (χ0) is 13.7. The number of carbonyl (C=O) groups is 1. The molecule has 1 aliphatic carbocycles. The van der Waals surface area contributed by atoms with Gasteiger partial charge in [-0.2, -0.15) is 0 Å². The first-order valence-corrected chi connectivity index (χ1v) is 7.97. The molecule has 1 saturated carbocycles. The van der Waals surface area contributed by atoms with E-state index in [-0.39, 0.29) is 5.91 Å². The molecule has 19 heavy (non-hydrogen) atoms. The van der Waals surface area contributed by atoms with Crippen molar-refractivity contribution in [3.05, 3.63) is 0 Å². The van der Waals surface area contributed by atoms with Crippen molar-refractivity contribution in [1.29, 1.82) is 0 Å². The van der Waals surface area contributed by atoms with E-state index in [1.54, 1.807) is 0 Å². The first-order chi connectivity index (χ1) is 9.20. The molecule has 1 saturated heterocycles. The summed E-state index contributed by atoms with van der Waals surface area (Å²) in [5, 5.41) is 6.69. The largest absolute Gasteiger partial charge is 0.352 e. The Morgan fingerprint density at radius 2 is 2.11 bits per heavy atom. The van der Waals surface area contributed by atoms with Gasteiger partial charge in [-0.3, -0.25) is 9.69 Å². The molecule has 0 radical (unpaired) electrons. The SMILES string of the molecule is CCCNC(C)C1CCCCN1CC(=O)NC1CC1. The summed E-state index contributed by atoms with van der Waals surface area (Å²) in [4.78, 5) is 14.4. The van der Waals surface area contributed by atoms with Gasteiger partial charge in [-0.1, -0.05) is 13.3 Å². The minimum atomic E-state index is 0.220. The van der Waals surface area contributed by atoms with Crippen molar-refractivity contribution < 1.29 is 4.79 Å². The van der Waals surface area contributed by atoms with Crippen LogP contribution < -0.4 is 10.6 Å². The van der Waals surface area contributed by atoms with Crippen molar-refractivity contribution in [2.45, 2.75) is 70.5 Å². The molecule has 0 aromatic rings. The van der Waals surface area contributed by atoms with E-state index in [2.05, 4.69) is 29.4 Å². The molecule has 2 atom stereocenters. The molecule has 0 aromatic heterocycles. The Kier molecular flexibility index (Phi) is 5.64. The maximum atomic E-state index is 12.0. The molecule has 0 aromatic carbocycles. The Labute approximate surface area is 117 Å². The number of nitrogens with zero attached hydrogens (tertiary/aromatic N) is 1. The highest BCUT2D eigenvalue weighted by molar-refractivity contribution is 5.78. The summed E-state index contributed by atoms with van der Waals surface area (Å²) in [7, 11) is 0. The molecule has 2 fully saturated rings. The first-order valence-electron chi connectivity index (χ1n) is 7.97. The summed E-state index contributed by atoms with van der Waals surface area (Å²) >= 11 is 0. The van der Waals surface area contributed by atoms with Gasteiger partial charge in [0, 0.05) is 18.1 Å². The second-order valence-corrected chi connectivity index (χ2v) is 6.12. The van der Waals surface area contributed by atoms with E-state index < -0.39 is 0 Å². The topological polar surface area (TPSA) is 44.4 Å². The third-order valence-electron chi connectivity index (χ3n) is 4.25. The Morgan fingerprint density at radius 1 is 1.32 bits per heavy atom. The van der Waals surface area contributed by atoms with Crippen molar-refractivity contribution >= 4 is 5.91 Å². The average Bonchev–Trinajstić information content (AvgIpc) is 3.20. The van der Waals surface area contributed by atoms with Crippen LogP contribution in [0.15, 0.2) is 0 Å². The van der Waals surface area contributed by atoms with Gasteiger partial charge in [-0.05, 0) is 52.1 Å². The van der Waals surface area contributed by atoms with Crippen LogP contribution in [0.4, 0.5) is 0 Å². The number of nitrogens with one attached hydrogen (secondary N) is 2. The van der Waals surface area contributed by atoms with Crippen molar-refractivity contribution in [1.82, 2.24) is 15.5 Å². The van der Waals surface area contributed by atoms with Gasteiger partial charge in [0.25, 0.3) is 0 Å². The van der Waals surface area contributed by atoms with Gasteiger partial charge in [-0.15, -0.1) is 0 Å². The lowest BCUT2D eigenvalue weighted by Gasteiger charge is -2.39. The van der Waals surface area contributed by atoms with Crippen LogP contribution in [0.25, 0.3) is 0 Å². The van der Waals surface area contributed by atoms with Gasteiger partial charge in [-0.25, -0.2) is 0 Å². The normalized spacial score (nSPS) is 26.1. The number of rotatable bonds is 7. The Morgan fingerprint density at radius 3 is 2.79 bits per heavy atom. The van der Waals surface area contributed by atoms with Gasteiger partial charge in [0.15, 0.2) is 0 Å². The van der Waals surface area contributed by atoms with Crippen LogP contribution in [0, 0.1) is 0 Å². The van der Waals surface area contributed by atoms with Gasteiger partial charge in [0.1, 0.15) is 0 Å². The average molecular weight is 267 g/mol. The second kappa shape index (κ2) is 7.25. The number of carbonyl (C=O) groups excluding carboxylic acids is 1. The molecule has 0 bridgehead atoms. The second-order valence-electron chi connectivity index (χ2n) is 6.12. The van der Waals surface area contributed by atoms with Crippen LogP contribution in [0.3, 0.4) is 0 Å². The van der Waals surface area contributed by atoms with Crippen LogP contribution in [0.2, 0.25) is 0 Å². The fourth-order valence-electron chi connectivity index (χ4n) is 2.97. The highest BCUT2D eigenvalue weighted by Crippen LogP contribution is 2.21. The summed E-state index contributed by atoms with van der Waals surface area (Å²) in [6, 6.07) is 1.48. The lowest BCUT2D eigenvalue weighted by Crippen LogP contribution is -2.53. The molecule has 2 unspecified atom stereocenters. The van der Waals surface area contributed by atoms with Crippen LogP contribution >= 0.6 is 0 Å². The Balaban J connectivity index is 1.81. The number of amides is 1. The van der Waals surface area contributed by atoms with Crippen LogP contribution in [-0.4, -0.2) is 48.6 Å². The molecule has 2 N–H and O–H groups in total. The summed E-state index contributed by atoms with van der Waals surface area (Å²) < 4.78 is 0. The number of hydrogen-bond acceptors (Lipinski definition) is 3. The van der Waals surface area contributed by atoms with Crippen LogP contribution in [0.5, 0.6) is 0 Å². The quantitative estimate of drug-likeness (QED) is 0.735. The monoisotopic (exact) mass is 267 g/mol. The number of hydrogen-bond donors (Lipinski definition) is 2. The molecule has 1 heterocycles. The van der Waals surface area contributed by atoms with Crippen molar-refractivity contribution in [3.8, 4) is 0 Å². The van der Waals surface area contributed by atoms with Crippen LogP contribution in [0.1, 0.15) is 52.4 Å². The summed E-state index contributed by atoms with van der Waals surface area (Å²) in [5.74, 6) is 0.220. The molecule has 1 amide bonds. The van der Waals surface area contributed by atoms with Gasteiger partial charge in [0.2, 0.25) is 5.91 Å². The van der Waals surface area contributed by atoms with E-state index in [1.807, 2.05) is 0 Å². The highest BCUT2D eigenvalue weighted by Gasteiger charge is 2.30. The van der Waals surface area contributed by atoms with E-state index in [0.29, 0.717) is 24.7 Å². The predicted molar refractivity (Wildman–Crippen MR) is 78.1 cm³/mol. The Bertz CT molecular complexity index is 291. The molecule has 2 rings (SSSR count). The third kappa shape index (κ3) is 4.77. The van der Waals surface area contributed by atoms with Gasteiger partial charge in [0.05, 0.1) is 6.54 Å². The minimum absolute atomic E-state index is 0.220. The standard InChI is InChI=1S/C15H29N3O/c1-3-9-16-12(2)14-6-4-5-10-18(14)11-15(19)17-13-7-8-13/h12-14,16H,3-11H2,1-2H3,(H,17,19). The number of likely N-dealkylation sites (tertiary alicyclic amines) is 1. The molecule has 4 heteroatoms. The minimum Gasteiger partial charge on any atom is -0.352 e. The third-order valence-corrected chi connectivity index (χ3v) is 4.25. The maximum absolute atomic E-state index is 12.0. The van der Waals surface area contributed by atoms with E-state index in [1.165, 1.54) is 38.5 Å². The number of piperidine rings is 1. The van der Waals surface area contributed by atoms with Gasteiger partial charge >= 0.3 is 0 Å². The van der Waals surface area contributed by atoms with E-state index in [0.717, 1.165) is 13.1 Å². The zero-order valence-corrected chi connectivity index (χ0v) is 12.5. The summed E-state index contributed by atoms with van der Waals surface area (Å²) in [6.45, 7) is 7.18. The lowest BCUT2D eigenvalue weighted by atomic mass is 9.96. The molecular weight excluding hydrogens is 238 g/mol. The fraction of sp³-hybridized carbons (Fsp3) is 0.933. The molecule has 110 valence electrons. The van der Waals surface area contributed by atoms with E-state index in [4.69, 9.17) is 0 Å². The zero-order valence-electron chi connectivity index (χ0n) is 12.5. The molecule has 4 nitrogen and oxygen atoms in total. The molecule has 2 aliphatic rings. The lowest BCUT2D eigenvalue weighted by molar-refractivity contribution is -0.123. The first kappa shape index (κ1) is 14.8. The summed E-state index contributed by atoms with van der Waals surface area (Å²) in [6.07, 6.45) is 7.25. The van der Waals surface area contributed by atoms with Crippen molar-refractivity contribution in [3.63, 3.8) is 0 Å². The molecular formula is C15H29N3O. The molecule has 0 spiro atoms.